The first-order chi connectivity index (χ1) is 15.5. The number of carbonyl (C=O) groups is 3. The van der Waals surface area contributed by atoms with Crippen molar-refractivity contribution in [2.75, 3.05) is 25.0 Å². The summed E-state index contributed by atoms with van der Waals surface area (Å²) in [7, 11) is 0. The summed E-state index contributed by atoms with van der Waals surface area (Å²) in [4.78, 5) is 42.2. The first-order valence-corrected chi connectivity index (χ1v) is 11.3. The molecule has 1 spiro atoms. The van der Waals surface area contributed by atoms with Gasteiger partial charge in [-0.3, -0.25) is 9.59 Å². The molecule has 1 aromatic rings. The molecule has 0 radical (unpaired) electrons. The van der Waals surface area contributed by atoms with Crippen LogP contribution in [0.25, 0.3) is 0 Å². The average molecular weight is 469 g/mol. The molecule has 1 unspecified atom stereocenters. The van der Waals surface area contributed by atoms with E-state index in [0.29, 0.717) is 32.2 Å². The van der Waals surface area contributed by atoms with Crippen LogP contribution >= 0.6 is 0 Å². The van der Waals surface area contributed by atoms with E-state index in [1.54, 1.807) is 4.90 Å². The molecule has 7 nitrogen and oxygen atoms in total. The van der Waals surface area contributed by atoms with Crippen LogP contribution < -0.4 is 10.6 Å². The van der Waals surface area contributed by atoms with Crippen molar-refractivity contribution in [2.24, 2.45) is 5.92 Å². The maximum absolute atomic E-state index is 13.2. The van der Waals surface area contributed by atoms with Crippen LogP contribution in [0.1, 0.15) is 52.0 Å². The maximum Gasteiger partial charge on any atom is 0.416 e. The van der Waals surface area contributed by atoms with Gasteiger partial charge < -0.3 is 20.4 Å². The van der Waals surface area contributed by atoms with Gasteiger partial charge in [0, 0.05) is 25.3 Å². The smallest absolute Gasteiger partial charge is 0.342 e. The molecule has 2 N–H and O–H groups in total. The van der Waals surface area contributed by atoms with Crippen LogP contribution in [-0.4, -0.2) is 58.9 Å². The highest BCUT2D eigenvalue weighted by Gasteiger charge is 2.53. The fourth-order valence-corrected chi connectivity index (χ4v) is 4.58. The number of likely N-dealkylation sites (tertiary alicyclic amines) is 1. The van der Waals surface area contributed by atoms with Crippen molar-refractivity contribution in [2.45, 2.75) is 64.2 Å². The van der Waals surface area contributed by atoms with Gasteiger partial charge in [-0.25, -0.2) is 4.79 Å². The quantitative estimate of drug-likeness (QED) is 0.689. The van der Waals surface area contributed by atoms with Gasteiger partial charge in [-0.05, 0) is 55.9 Å². The van der Waals surface area contributed by atoms with Crippen molar-refractivity contribution in [1.29, 1.82) is 0 Å². The van der Waals surface area contributed by atoms with Gasteiger partial charge in [-0.2, -0.15) is 13.2 Å². The monoisotopic (exact) mass is 468 g/mol. The molecule has 4 amide bonds. The van der Waals surface area contributed by atoms with E-state index in [-0.39, 0.29) is 36.5 Å². The van der Waals surface area contributed by atoms with Crippen molar-refractivity contribution in [3.63, 3.8) is 0 Å². The Labute approximate surface area is 191 Å². The number of amides is 4. The minimum absolute atomic E-state index is 0.0761. The number of halogens is 3. The van der Waals surface area contributed by atoms with E-state index in [9.17, 15) is 27.6 Å². The summed E-state index contributed by atoms with van der Waals surface area (Å²) < 4.78 is 38.2. The maximum atomic E-state index is 13.2. The zero-order chi connectivity index (χ0) is 24.4. The van der Waals surface area contributed by atoms with Crippen LogP contribution in [0.3, 0.4) is 0 Å². The second kappa shape index (κ2) is 9.61. The number of piperidine rings is 1. The van der Waals surface area contributed by atoms with Crippen molar-refractivity contribution in [1.82, 2.24) is 15.1 Å². The van der Waals surface area contributed by atoms with Gasteiger partial charge in [0.05, 0.1) is 5.56 Å². The van der Waals surface area contributed by atoms with Gasteiger partial charge in [0.2, 0.25) is 11.8 Å². The molecule has 0 aliphatic carbocycles. The van der Waals surface area contributed by atoms with Gasteiger partial charge in [-0.1, -0.05) is 20.8 Å². The summed E-state index contributed by atoms with van der Waals surface area (Å²) in [6, 6.07) is 3.25. The lowest BCUT2D eigenvalue weighted by molar-refractivity contribution is -0.161. The second-order valence-corrected chi connectivity index (χ2v) is 9.17. The van der Waals surface area contributed by atoms with Crippen molar-refractivity contribution < 1.29 is 27.6 Å². The number of nitrogens with one attached hydrogen (secondary N) is 2. The summed E-state index contributed by atoms with van der Waals surface area (Å²) in [5.74, 6) is 0.00400. The molecular weight excluding hydrogens is 437 g/mol. The highest BCUT2D eigenvalue weighted by atomic mass is 19.4. The number of alkyl halides is 3. The van der Waals surface area contributed by atoms with Crippen LogP contribution in [-0.2, 0) is 15.8 Å². The van der Waals surface area contributed by atoms with Crippen LogP contribution in [0.5, 0.6) is 0 Å². The number of nitrogens with zero attached hydrogens (tertiary/aromatic N) is 2. The van der Waals surface area contributed by atoms with Crippen molar-refractivity contribution >= 4 is 23.5 Å². The number of rotatable bonds is 5. The molecule has 2 aliphatic rings. The predicted octanol–water partition coefficient (Wildman–Crippen LogP) is 3.86. The molecule has 2 aliphatic heterocycles. The molecule has 182 valence electrons. The van der Waals surface area contributed by atoms with Gasteiger partial charge in [0.1, 0.15) is 11.6 Å². The van der Waals surface area contributed by atoms with E-state index in [1.165, 1.54) is 17.0 Å². The average Bonchev–Trinajstić information content (AvgIpc) is 2.75. The Morgan fingerprint density at radius 2 is 1.79 bits per heavy atom. The summed E-state index contributed by atoms with van der Waals surface area (Å²) in [5.41, 5.74) is -1.52. The highest BCUT2D eigenvalue weighted by Crippen LogP contribution is 2.34. The van der Waals surface area contributed by atoms with Gasteiger partial charge >= 0.3 is 12.2 Å². The molecule has 1 atom stereocenters. The third kappa shape index (κ3) is 5.25. The molecule has 0 saturated carbocycles. The number of carbonyl (C=O) groups excluding carboxylic acids is 3. The lowest BCUT2D eigenvalue weighted by atomic mass is 9.81. The Balaban J connectivity index is 1.67. The van der Waals surface area contributed by atoms with E-state index in [2.05, 4.69) is 10.6 Å². The SMILES string of the molecule is CCCN1C(=O)C(CC(C)C)NC(=O)C12CCN(C(=O)Nc1ccc(C(F)(F)F)cc1)CC2. The zero-order valence-corrected chi connectivity index (χ0v) is 19.2. The van der Waals surface area contributed by atoms with Gasteiger partial charge in [-0.15, -0.1) is 0 Å². The largest absolute Gasteiger partial charge is 0.416 e. The van der Waals surface area contributed by atoms with Gasteiger partial charge in [0.15, 0.2) is 0 Å². The topological polar surface area (TPSA) is 81.8 Å². The predicted molar refractivity (Wildman–Crippen MR) is 117 cm³/mol. The summed E-state index contributed by atoms with van der Waals surface area (Å²) in [6.07, 6.45) is -2.55. The molecule has 0 bridgehead atoms. The fraction of sp³-hybridized carbons (Fsp3) is 0.609. The number of anilines is 1. The number of piperazine rings is 1. The molecule has 2 fully saturated rings. The molecular formula is C23H31F3N4O3. The molecule has 3 rings (SSSR count). The first-order valence-electron chi connectivity index (χ1n) is 11.3. The Morgan fingerprint density at radius 1 is 1.18 bits per heavy atom. The Bertz CT molecular complexity index is 878. The highest BCUT2D eigenvalue weighted by molar-refractivity contribution is 6.00. The summed E-state index contributed by atoms with van der Waals surface area (Å²) >= 11 is 0. The number of hydrogen-bond donors (Lipinski definition) is 2. The van der Waals surface area contributed by atoms with Gasteiger partial charge in [0.25, 0.3) is 0 Å². The molecule has 10 heteroatoms. The lowest BCUT2D eigenvalue weighted by Crippen LogP contribution is -2.73. The van der Waals surface area contributed by atoms with E-state index in [0.717, 1.165) is 12.1 Å². The van der Waals surface area contributed by atoms with Crippen molar-refractivity contribution in [3.8, 4) is 0 Å². The van der Waals surface area contributed by atoms with E-state index >= 15 is 0 Å². The molecule has 33 heavy (non-hydrogen) atoms. The van der Waals surface area contributed by atoms with E-state index in [1.807, 2.05) is 20.8 Å². The first kappa shape index (κ1) is 24.9. The minimum atomic E-state index is -4.44. The fourth-order valence-electron chi connectivity index (χ4n) is 4.58. The van der Waals surface area contributed by atoms with Crippen LogP contribution in [0.15, 0.2) is 24.3 Å². The molecule has 1 aromatic carbocycles. The standard InChI is InChI=1S/C23H31F3N4O3/c1-4-11-30-19(31)18(14-15(2)3)28-20(32)22(30)9-12-29(13-10-22)21(33)27-17-7-5-16(6-8-17)23(24,25)26/h5-8,15,18H,4,9-14H2,1-3H3,(H,27,33)(H,28,32). The van der Waals surface area contributed by atoms with Crippen molar-refractivity contribution in [3.05, 3.63) is 29.8 Å². The minimum Gasteiger partial charge on any atom is -0.342 e. The second-order valence-electron chi connectivity index (χ2n) is 9.17. The number of urea groups is 1. The number of hydrogen-bond acceptors (Lipinski definition) is 3. The van der Waals surface area contributed by atoms with Crippen LogP contribution in [0.4, 0.5) is 23.7 Å². The number of benzene rings is 1. The third-order valence-electron chi connectivity index (χ3n) is 6.30. The summed E-state index contributed by atoms with van der Waals surface area (Å²) in [6.45, 7) is 6.93. The molecule has 2 saturated heterocycles. The van der Waals surface area contributed by atoms with Crippen LogP contribution in [0, 0.1) is 5.92 Å². The Hall–Kier alpha value is -2.78. The molecule has 0 aromatic heterocycles. The summed E-state index contributed by atoms with van der Waals surface area (Å²) in [5, 5.41) is 5.51. The van der Waals surface area contributed by atoms with Crippen LogP contribution in [0.2, 0.25) is 0 Å². The third-order valence-corrected chi connectivity index (χ3v) is 6.30. The molecule has 2 heterocycles. The van der Waals surface area contributed by atoms with E-state index < -0.39 is 29.4 Å². The Morgan fingerprint density at radius 3 is 2.30 bits per heavy atom. The normalized spacial score (nSPS) is 20.9. The zero-order valence-electron chi connectivity index (χ0n) is 19.2. The Kier molecular flexibility index (Phi) is 7.23. The van der Waals surface area contributed by atoms with E-state index in [4.69, 9.17) is 0 Å². The lowest BCUT2D eigenvalue weighted by Gasteiger charge is -2.51.